The second kappa shape index (κ2) is 4.13. The predicted molar refractivity (Wildman–Crippen MR) is 64.7 cm³/mol. The Morgan fingerprint density at radius 1 is 1.24 bits per heavy atom. The molecule has 0 aliphatic heterocycles. The molecule has 0 unspecified atom stereocenters. The Labute approximate surface area is 104 Å². The van der Waals surface area contributed by atoms with E-state index in [9.17, 15) is 5.11 Å². The van der Waals surface area contributed by atoms with Crippen LogP contribution in [0.3, 0.4) is 0 Å². The van der Waals surface area contributed by atoms with E-state index < -0.39 is 0 Å². The molecule has 1 aliphatic carbocycles. The Hall–Kier alpha value is -1.39. The van der Waals surface area contributed by atoms with Crippen molar-refractivity contribution in [3.8, 4) is 11.4 Å². The Balaban J connectivity index is 2.07. The van der Waals surface area contributed by atoms with Crippen LogP contribution >= 0.6 is 11.6 Å². The molecule has 0 spiro atoms. The normalized spacial score (nSPS) is 15.2. The fraction of sp³-hybridized carbons (Fsp3) is 0.333. The van der Waals surface area contributed by atoms with Gasteiger partial charge in [0.1, 0.15) is 6.61 Å². The van der Waals surface area contributed by atoms with E-state index in [1.165, 1.54) is 0 Å². The minimum Gasteiger partial charge on any atom is -0.388 e. The molecule has 1 saturated carbocycles. The molecule has 0 amide bonds. The summed E-state index contributed by atoms with van der Waals surface area (Å²) < 4.78 is 2.03. The Morgan fingerprint density at radius 2 is 1.94 bits per heavy atom. The van der Waals surface area contributed by atoms with E-state index in [2.05, 4.69) is 10.2 Å². The molecule has 2 aromatic rings. The monoisotopic (exact) mass is 249 g/mol. The van der Waals surface area contributed by atoms with E-state index in [1.54, 1.807) is 0 Å². The van der Waals surface area contributed by atoms with E-state index in [0.29, 0.717) is 16.9 Å². The lowest BCUT2D eigenvalue weighted by Gasteiger charge is -2.07. The minimum atomic E-state index is -0.0723. The Morgan fingerprint density at radius 3 is 2.53 bits per heavy atom. The summed E-state index contributed by atoms with van der Waals surface area (Å²) in [5.74, 6) is 1.45. The molecule has 4 nitrogen and oxygen atoms in total. The molecule has 1 aromatic heterocycles. The third-order valence-corrected chi connectivity index (χ3v) is 3.17. The summed E-state index contributed by atoms with van der Waals surface area (Å²) in [5.41, 5.74) is 0.980. The number of nitrogens with zero attached hydrogens (tertiary/aromatic N) is 3. The number of hydrogen-bond acceptors (Lipinski definition) is 3. The smallest absolute Gasteiger partial charge is 0.164 e. The number of hydrogen-bond donors (Lipinski definition) is 1. The molecule has 88 valence electrons. The van der Waals surface area contributed by atoms with Gasteiger partial charge in [0, 0.05) is 16.6 Å². The second-order valence-electron chi connectivity index (χ2n) is 4.21. The lowest BCUT2D eigenvalue weighted by Crippen LogP contribution is -2.03. The number of aliphatic hydroxyl groups excluding tert-OH is 1. The summed E-state index contributed by atoms with van der Waals surface area (Å²) in [6, 6.07) is 7.96. The minimum absolute atomic E-state index is 0.0723. The lowest BCUT2D eigenvalue weighted by atomic mass is 10.2. The summed E-state index contributed by atoms with van der Waals surface area (Å²) in [7, 11) is 0. The summed E-state index contributed by atoms with van der Waals surface area (Å²) in [6.45, 7) is -0.0723. The van der Waals surface area contributed by atoms with Gasteiger partial charge < -0.3 is 9.67 Å². The maximum absolute atomic E-state index is 9.26. The van der Waals surface area contributed by atoms with Crippen molar-refractivity contribution in [2.24, 2.45) is 0 Å². The molecule has 1 aliphatic rings. The zero-order chi connectivity index (χ0) is 11.8. The van der Waals surface area contributed by atoms with Gasteiger partial charge in [-0.3, -0.25) is 0 Å². The molecular weight excluding hydrogens is 238 g/mol. The number of aromatic nitrogens is 3. The number of benzene rings is 1. The highest BCUT2D eigenvalue weighted by molar-refractivity contribution is 6.30. The average Bonchev–Trinajstić information content (AvgIpc) is 3.10. The molecule has 1 heterocycles. The molecule has 3 rings (SSSR count). The van der Waals surface area contributed by atoms with Crippen molar-refractivity contribution in [3.05, 3.63) is 35.1 Å². The molecule has 1 N–H and O–H groups in total. The zero-order valence-corrected chi connectivity index (χ0v) is 9.93. The van der Waals surface area contributed by atoms with Crippen molar-refractivity contribution in [1.82, 2.24) is 14.8 Å². The van der Waals surface area contributed by atoms with Crippen molar-refractivity contribution in [2.45, 2.75) is 25.5 Å². The van der Waals surface area contributed by atoms with E-state index in [4.69, 9.17) is 11.6 Å². The largest absolute Gasteiger partial charge is 0.388 e. The number of halogens is 1. The molecule has 5 heteroatoms. The van der Waals surface area contributed by atoms with Gasteiger partial charge in [-0.1, -0.05) is 11.6 Å². The molecule has 0 atom stereocenters. The van der Waals surface area contributed by atoms with Crippen LogP contribution < -0.4 is 0 Å². The first-order chi connectivity index (χ1) is 8.29. The van der Waals surface area contributed by atoms with Gasteiger partial charge in [-0.2, -0.15) is 0 Å². The van der Waals surface area contributed by atoms with Gasteiger partial charge in [-0.25, -0.2) is 0 Å². The molecular formula is C12H12ClN3O. The molecule has 0 radical (unpaired) electrons. The standard InChI is InChI=1S/C12H12ClN3O/c13-9-3-1-8(2-4-9)12-15-14-11(7-17)16(12)10-5-6-10/h1-4,10,17H,5-7H2. The average molecular weight is 250 g/mol. The third-order valence-electron chi connectivity index (χ3n) is 2.92. The highest BCUT2D eigenvalue weighted by atomic mass is 35.5. The van der Waals surface area contributed by atoms with Crippen molar-refractivity contribution in [2.75, 3.05) is 0 Å². The highest BCUT2D eigenvalue weighted by Crippen LogP contribution is 2.39. The van der Waals surface area contributed by atoms with Crippen LogP contribution in [-0.4, -0.2) is 19.9 Å². The van der Waals surface area contributed by atoms with E-state index in [0.717, 1.165) is 24.2 Å². The highest BCUT2D eigenvalue weighted by Gasteiger charge is 2.29. The summed E-state index contributed by atoms with van der Waals surface area (Å²) in [6.07, 6.45) is 2.26. The Kier molecular flexibility index (Phi) is 2.61. The first kappa shape index (κ1) is 10.7. The van der Waals surface area contributed by atoms with Crippen LogP contribution in [0.1, 0.15) is 24.7 Å². The quantitative estimate of drug-likeness (QED) is 0.909. The number of rotatable bonds is 3. The zero-order valence-electron chi connectivity index (χ0n) is 9.17. The summed E-state index contributed by atoms with van der Waals surface area (Å²) >= 11 is 5.86. The van der Waals surface area contributed by atoms with E-state index in [1.807, 2.05) is 28.8 Å². The molecule has 0 saturated heterocycles. The van der Waals surface area contributed by atoms with Crippen molar-refractivity contribution < 1.29 is 5.11 Å². The topological polar surface area (TPSA) is 50.9 Å². The molecule has 1 aromatic carbocycles. The van der Waals surface area contributed by atoms with Gasteiger partial charge in [0.25, 0.3) is 0 Å². The first-order valence-electron chi connectivity index (χ1n) is 5.60. The van der Waals surface area contributed by atoms with Gasteiger partial charge in [0.15, 0.2) is 11.6 Å². The van der Waals surface area contributed by atoms with Crippen molar-refractivity contribution in [1.29, 1.82) is 0 Å². The maximum Gasteiger partial charge on any atom is 0.164 e. The maximum atomic E-state index is 9.26. The second-order valence-corrected chi connectivity index (χ2v) is 4.64. The third kappa shape index (κ3) is 1.94. The van der Waals surface area contributed by atoms with Crippen LogP contribution in [0.2, 0.25) is 5.02 Å². The van der Waals surface area contributed by atoms with Gasteiger partial charge in [-0.15, -0.1) is 10.2 Å². The summed E-state index contributed by atoms with van der Waals surface area (Å²) in [4.78, 5) is 0. The molecule has 1 fully saturated rings. The SMILES string of the molecule is OCc1nnc(-c2ccc(Cl)cc2)n1C1CC1. The Bertz CT molecular complexity index is 531. The van der Waals surface area contributed by atoms with Gasteiger partial charge >= 0.3 is 0 Å². The van der Waals surface area contributed by atoms with Gasteiger partial charge in [0.2, 0.25) is 0 Å². The fourth-order valence-corrected chi connectivity index (χ4v) is 2.07. The van der Waals surface area contributed by atoms with Crippen LogP contribution in [-0.2, 0) is 6.61 Å². The number of aliphatic hydroxyl groups is 1. The van der Waals surface area contributed by atoms with E-state index >= 15 is 0 Å². The van der Waals surface area contributed by atoms with Crippen LogP contribution in [0.4, 0.5) is 0 Å². The summed E-state index contributed by atoms with van der Waals surface area (Å²) in [5, 5.41) is 18.1. The van der Waals surface area contributed by atoms with Crippen LogP contribution in [0.5, 0.6) is 0 Å². The van der Waals surface area contributed by atoms with Crippen LogP contribution in [0.25, 0.3) is 11.4 Å². The molecule has 0 bridgehead atoms. The van der Waals surface area contributed by atoms with Gasteiger partial charge in [-0.05, 0) is 37.1 Å². The van der Waals surface area contributed by atoms with Crippen LogP contribution in [0.15, 0.2) is 24.3 Å². The van der Waals surface area contributed by atoms with E-state index in [-0.39, 0.29) is 6.61 Å². The van der Waals surface area contributed by atoms with Crippen molar-refractivity contribution in [3.63, 3.8) is 0 Å². The fourth-order valence-electron chi connectivity index (χ4n) is 1.94. The van der Waals surface area contributed by atoms with Gasteiger partial charge in [0.05, 0.1) is 0 Å². The van der Waals surface area contributed by atoms with Crippen LogP contribution in [0, 0.1) is 0 Å². The molecule has 17 heavy (non-hydrogen) atoms. The predicted octanol–water partition coefficient (Wildman–Crippen LogP) is 2.43. The van der Waals surface area contributed by atoms with Crippen molar-refractivity contribution >= 4 is 11.6 Å². The lowest BCUT2D eigenvalue weighted by molar-refractivity contribution is 0.265. The first-order valence-corrected chi connectivity index (χ1v) is 5.98.